The van der Waals surface area contributed by atoms with E-state index < -0.39 is 0 Å². The number of carbonyl (C=O) groups is 1. The first-order valence-corrected chi connectivity index (χ1v) is 10.5. The quantitative estimate of drug-likeness (QED) is 0.317. The monoisotopic (exact) mass is 515 g/mol. The van der Waals surface area contributed by atoms with E-state index in [1.54, 1.807) is 0 Å². The molecule has 1 aromatic rings. The number of rotatable bonds is 5. The molecule has 1 aliphatic carbocycles. The number of anilines is 1. The number of carbonyl (C=O) groups excluding carboxylic acids is 1. The second-order valence-corrected chi connectivity index (χ2v) is 7.55. The van der Waals surface area contributed by atoms with E-state index in [9.17, 15) is 9.90 Å². The fourth-order valence-electron chi connectivity index (χ4n) is 3.83. The zero-order valence-electron chi connectivity index (χ0n) is 17.2. The van der Waals surface area contributed by atoms with E-state index in [4.69, 9.17) is 0 Å². The van der Waals surface area contributed by atoms with Crippen molar-refractivity contribution in [3.63, 3.8) is 0 Å². The number of guanidine groups is 1. The van der Waals surface area contributed by atoms with E-state index in [0.717, 1.165) is 58.4 Å². The van der Waals surface area contributed by atoms with Crippen LogP contribution in [0.4, 0.5) is 5.69 Å². The molecule has 162 valence electrons. The van der Waals surface area contributed by atoms with E-state index in [-0.39, 0.29) is 42.5 Å². The summed E-state index contributed by atoms with van der Waals surface area (Å²) >= 11 is 0. The molecule has 3 N–H and O–H groups in total. The van der Waals surface area contributed by atoms with Crippen LogP contribution in [0.2, 0.25) is 0 Å². The molecule has 0 atom stereocenters. The second kappa shape index (κ2) is 12.2. The predicted molar refractivity (Wildman–Crippen MR) is 128 cm³/mol. The molecule has 2 fully saturated rings. The normalized spacial score (nSPS) is 22.6. The van der Waals surface area contributed by atoms with Gasteiger partial charge in [-0.25, -0.2) is 4.99 Å². The van der Waals surface area contributed by atoms with Gasteiger partial charge in [0.2, 0.25) is 5.91 Å². The summed E-state index contributed by atoms with van der Waals surface area (Å²) in [6.45, 7) is 6.10. The zero-order valence-corrected chi connectivity index (χ0v) is 19.5. The number of halogens is 1. The van der Waals surface area contributed by atoms with E-state index in [1.165, 1.54) is 5.69 Å². The van der Waals surface area contributed by atoms with E-state index >= 15 is 0 Å². The molecule has 1 amide bonds. The van der Waals surface area contributed by atoms with Crippen LogP contribution in [0.25, 0.3) is 0 Å². The van der Waals surface area contributed by atoms with Crippen molar-refractivity contribution in [2.75, 3.05) is 44.2 Å². The van der Waals surface area contributed by atoms with Crippen molar-refractivity contribution in [1.29, 1.82) is 0 Å². The summed E-state index contributed by atoms with van der Waals surface area (Å²) in [6, 6.07) is 10.6. The summed E-state index contributed by atoms with van der Waals surface area (Å²) in [6.07, 6.45) is 3.33. The van der Waals surface area contributed by atoms with Gasteiger partial charge in [-0.1, -0.05) is 18.2 Å². The van der Waals surface area contributed by atoms with Crippen molar-refractivity contribution in [3.05, 3.63) is 30.3 Å². The first-order valence-electron chi connectivity index (χ1n) is 10.5. The largest absolute Gasteiger partial charge is 0.393 e. The van der Waals surface area contributed by atoms with Crippen LogP contribution in [-0.2, 0) is 4.79 Å². The number of aliphatic imine (C=N–C) groups is 1. The van der Waals surface area contributed by atoms with Crippen LogP contribution < -0.4 is 15.5 Å². The molecule has 1 aliphatic heterocycles. The van der Waals surface area contributed by atoms with Crippen LogP contribution in [0.3, 0.4) is 0 Å². The van der Waals surface area contributed by atoms with E-state index in [0.29, 0.717) is 12.0 Å². The molecular weight excluding hydrogens is 481 g/mol. The van der Waals surface area contributed by atoms with Gasteiger partial charge < -0.3 is 25.5 Å². The number of amides is 1. The standard InChI is InChI=1S/C21H33N5O2.HI/c1-2-22-21(24-17-8-10-19(27)11-9-17)23-16-20(28)26-14-12-25(13-15-26)18-6-4-3-5-7-18;/h3-7,17,19,27H,2,8-16H2,1H3,(H2,22,23,24);1H. The van der Waals surface area contributed by atoms with Crippen molar-refractivity contribution in [1.82, 2.24) is 15.5 Å². The first-order chi connectivity index (χ1) is 13.7. The molecule has 2 aliphatic rings. The molecule has 0 aromatic heterocycles. The number of hydrogen-bond donors (Lipinski definition) is 3. The van der Waals surface area contributed by atoms with Gasteiger partial charge >= 0.3 is 0 Å². The number of para-hydroxylation sites is 1. The van der Waals surface area contributed by atoms with Crippen LogP contribution in [0.15, 0.2) is 35.3 Å². The lowest BCUT2D eigenvalue weighted by Gasteiger charge is -2.36. The first kappa shape index (κ1) is 23.7. The molecule has 0 radical (unpaired) electrons. The van der Waals surface area contributed by atoms with Crippen LogP contribution in [-0.4, -0.2) is 73.3 Å². The van der Waals surface area contributed by atoms with Gasteiger partial charge in [0.15, 0.2) is 5.96 Å². The Morgan fingerprint density at radius 1 is 1.10 bits per heavy atom. The van der Waals surface area contributed by atoms with Gasteiger partial charge in [0.25, 0.3) is 0 Å². The SMILES string of the molecule is CCNC(=NCC(=O)N1CCN(c2ccccc2)CC1)NC1CCC(O)CC1.I. The van der Waals surface area contributed by atoms with Crippen molar-refractivity contribution < 1.29 is 9.90 Å². The Bertz CT molecular complexity index is 642. The van der Waals surface area contributed by atoms with Crippen molar-refractivity contribution >= 4 is 41.5 Å². The Hall–Kier alpha value is -1.55. The minimum atomic E-state index is -0.172. The van der Waals surface area contributed by atoms with Crippen LogP contribution in [0.5, 0.6) is 0 Å². The van der Waals surface area contributed by atoms with Gasteiger partial charge in [-0.05, 0) is 44.7 Å². The lowest BCUT2D eigenvalue weighted by Crippen LogP contribution is -2.50. The Morgan fingerprint density at radius 3 is 2.38 bits per heavy atom. The van der Waals surface area contributed by atoms with Gasteiger partial charge in [0, 0.05) is 44.5 Å². The number of benzene rings is 1. The van der Waals surface area contributed by atoms with E-state index in [1.807, 2.05) is 30.0 Å². The third kappa shape index (κ3) is 7.33. The number of nitrogens with zero attached hydrogens (tertiary/aromatic N) is 3. The maximum absolute atomic E-state index is 12.6. The maximum atomic E-state index is 12.6. The predicted octanol–water partition coefficient (Wildman–Crippen LogP) is 1.81. The van der Waals surface area contributed by atoms with Gasteiger partial charge in [0.05, 0.1) is 6.10 Å². The number of aliphatic hydroxyl groups is 1. The topological polar surface area (TPSA) is 80.2 Å². The third-order valence-electron chi connectivity index (χ3n) is 5.51. The Labute approximate surface area is 191 Å². The average molecular weight is 515 g/mol. The molecule has 1 aromatic carbocycles. The lowest BCUT2D eigenvalue weighted by atomic mass is 9.93. The highest BCUT2D eigenvalue weighted by Crippen LogP contribution is 2.18. The Morgan fingerprint density at radius 2 is 1.76 bits per heavy atom. The Kier molecular flexibility index (Phi) is 9.99. The molecule has 0 bridgehead atoms. The van der Waals surface area contributed by atoms with Gasteiger partial charge in [-0.15, -0.1) is 24.0 Å². The maximum Gasteiger partial charge on any atom is 0.244 e. The zero-order chi connectivity index (χ0) is 19.8. The van der Waals surface area contributed by atoms with Gasteiger partial charge in [-0.2, -0.15) is 0 Å². The fourth-order valence-corrected chi connectivity index (χ4v) is 3.83. The molecule has 0 unspecified atom stereocenters. The summed E-state index contributed by atoms with van der Waals surface area (Å²) in [5.74, 6) is 0.768. The minimum absolute atomic E-state index is 0. The summed E-state index contributed by atoms with van der Waals surface area (Å²) in [4.78, 5) is 21.3. The highest BCUT2D eigenvalue weighted by Gasteiger charge is 2.22. The van der Waals surface area contributed by atoms with Crippen molar-refractivity contribution in [3.8, 4) is 0 Å². The number of hydrogen-bond acceptors (Lipinski definition) is 4. The summed E-state index contributed by atoms with van der Waals surface area (Å²) < 4.78 is 0. The molecule has 1 heterocycles. The molecule has 0 spiro atoms. The summed E-state index contributed by atoms with van der Waals surface area (Å²) in [7, 11) is 0. The third-order valence-corrected chi connectivity index (χ3v) is 5.51. The highest BCUT2D eigenvalue weighted by molar-refractivity contribution is 14.0. The van der Waals surface area contributed by atoms with Gasteiger partial charge in [-0.3, -0.25) is 4.79 Å². The summed E-state index contributed by atoms with van der Waals surface area (Å²) in [5.41, 5.74) is 1.21. The van der Waals surface area contributed by atoms with E-state index in [2.05, 4.69) is 32.7 Å². The van der Waals surface area contributed by atoms with Crippen LogP contribution >= 0.6 is 24.0 Å². The number of piperazine rings is 1. The Balaban J connectivity index is 0.00000300. The fraction of sp³-hybridized carbons (Fsp3) is 0.619. The van der Waals surface area contributed by atoms with Crippen LogP contribution in [0, 0.1) is 0 Å². The molecular formula is C21H34IN5O2. The molecule has 29 heavy (non-hydrogen) atoms. The molecule has 1 saturated carbocycles. The molecule has 1 saturated heterocycles. The minimum Gasteiger partial charge on any atom is -0.393 e. The second-order valence-electron chi connectivity index (χ2n) is 7.55. The van der Waals surface area contributed by atoms with Crippen molar-refractivity contribution in [2.45, 2.75) is 44.8 Å². The van der Waals surface area contributed by atoms with Gasteiger partial charge in [0.1, 0.15) is 6.54 Å². The molecule has 3 rings (SSSR count). The summed E-state index contributed by atoms with van der Waals surface area (Å²) in [5, 5.41) is 16.3. The number of aliphatic hydroxyl groups excluding tert-OH is 1. The highest BCUT2D eigenvalue weighted by atomic mass is 127. The van der Waals surface area contributed by atoms with Crippen LogP contribution in [0.1, 0.15) is 32.6 Å². The lowest BCUT2D eigenvalue weighted by molar-refractivity contribution is -0.129. The molecule has 8 heteroatoms. The number of nitrogens with one attached hydrogen (secondary N) is 2. The molecule has 7 nitrogen and oxygen atoms in total. The average Bonchev–Trinajstić information content (AvgIpc) is 2.74. The smallest absolute Gasteiger partial charge is 0.244 e. The van der Waals surface area contributed by atoms with Crippen molar-refractivity contribution in [2.24, 2.45) is 4.99 Å².